The Balaban J connectivity index is 2.04. The fourth-order valence-electron chi connectivity index (χ4n) is 2.29. The predicted molar refractivity (Wildman–Crippen MR) is 65.2 cm³/mol. The SMILES string of the molecule is O=C(c1c[nH]c(=O)cn1)N1CCCC(CCO)C1. The second kappa shape index (κ2) is 5.77. The Morgan fingerprint density at radius 1 is 1.61 bits per heavy atom. The molecule has 1 fully saturated rings. The summed E-state index contributed by atoms with van der Waals surface area (Å²) in [6.07, 6.45) is 5.18. The van der Waals surface area contributed by atoms with Crippen LogP contribution in [0.1, 0.15) is 29.8 Å². The summed E-state index contributed by atoms with van der Waals surface area (Å²) in [6.45, 7) is 1.52. The highest BCUT2D eigenvalue weighted by Gasteiger charge is 2.24. The quantitative estimate of drug-likeness (QED) is 0.792. The first-order chi connectivity index (χ1) is 8.70. The number of nitrogens with one attached hydrogen (secondary N) is 1. The van der Waals surface area contributed by atoms with Gasteiger partial charge in [-0.1, -0.05) is 0 Å². The maximum absolute atomic E-state index is 12.1. The summed E-state index contributed by atoms with van der Waals surface area (Å²) >= 11 is 0. The van der Waals surface area contributed by atoms with Crippen molar-refractivity contribution in [1.29, 1.82) is 0 Å². The fourth-order valence-corrected chi connectivity index (χ4v) is 2.29. The number of rotatable bonds is 3. The number of aromatic nitrogens is 2. The molecule has 2 heterocycles. The number of H-pyrrole nitrogens is 1. The van der Waals surface area contributed by atoms with E-state index in [2.05, 4.69) is 9.97 Å². The second-order valence-corrected chi connectivity index (χ2v) is 4.57. The van der Waals surface area contributed by atoms with Crippen LogP contribution in [0.15, 0.2) is 17.2 Å². The Labute approximate surface area is 105 Å². The van der Waals surface area contributed by atoms with Crippen LogP contribution in [0.5, 0.6) is 0 Å². The molecule has 2 N–H and O–H groups in total. The largest absolute Gasteiger partial charge is 0.396 e. The number of amides is 1. The summed E-state index contributed by atoms with van der Waals surface area (Å²) in [5.74, 6) is 0.198. The van der Waals surface area contributed by atoms with E-state index in [0.29, 0.717) is 19.0 Å². The third-order valence-electron chi connectivity index (χ3n) is 3.23. The van der Waals surface area contributed by atoms with E-state index in [1.165, 1.54) is 6.20 Å². The van der Waals surface area contributed by atoms with Gasteiger partial charge in [-0.2, -0.15) is 0 Å². The zero-order valence-corrected chi connectivity index (χ0v) is 10.1. The molecule has 1 atom stereocenters. The maximum atomic E-state index is 12.1. The molecule has 0 spiro atoms. The van der Waals surface area contributed by atoms with Crippen LogP contribution in [-0.4, -0.2) is 45.6 Å². The maximum Gasteiger partial charge on any atom is 0.273 e. The molecule has 0 radical (unpaired) electrons. The lowest BCUT2D eigenvalue weighted by Crippen LogP contribution is -2.40. The summed E-state index contributed by atoms with van der Waals surface area (Å²) in [4.78, 5) is 31.1. The normalized spacial score (nSPS) is 19.8. The molecule has 2 rings (SSSR count). The number of aliphatic hydroxyl groups is 1. The van der Waals surface area contributed by atoms with Gasteiger partial charge >= 0.3 is 0 Å². The summed E-state index contributed by atoms with van der Waals surface area (Å²) in [5.41, 5.74) is -0.0531. The van der Waals surface area contributed by atoms with E-state index in [0.717, 1.165) is 25.5 Å². The topological polar surface area (TPSA) is 86.3 Å². The smallest absolute Gasteiger partial charge is 0.273 e. The van der Waals surface area contributed by atoms with Crippen LogP contribution in [0.3, 0.4) is 0 Å². The van der Waals surface area contributed by atoms with Crippen molar-refractivity contribution in [3.05, 3.63) is 28.4 Å². The Morgan fingerprint density at radius 2 is 2.44 bits per heavy atom. The van der Waals surface area contributed by atoms with Crippen LogP contribution in [0.4, 0.5) is 0 Å². The van der Waals surface area contributed by atoms with Crippen molar-refractivity contribution in [2.75, 3.05) is 19.7 Å². The minimum atomic E-state index is -0.316. The zero-order valence-electron chi connectivity index (χ0n) is 10.1. The zero-order chi connectivity index (χ0) is 13.0. The highest BCUT2D eigenvalue weighted by Crippen LogP contribution is 2.20. The highest BCUT2D eigenvalue weighted by molar-refractivity contribution is 5.92. The molecule has 6 heteroatoms. The lowest BCUT2D eigenvalue weighted by Gasteiger charge is -2.32. The molecule has 1 aromatic heterocycles. The number of aliphatic hydroxyl groups excluding tert-OH is 1. The van der Waals surface area contributed by atoms with Crippen LogP contribution in [0, 0.1) is 5.92 Å². The molecule has 1 amide bonds. The van der Waals surface area contributed by atoms with Gasteiger partial charge in [-0.25, -0.2) is 4.98 Å². The number of likely N-dealkylation sites (tertiary alicyclic amines) is 1. The molecule has 0 saturated carbocycles. The Morgan fingerprint density at radius 3 is 3.11 bits per heavy atom. The monoisotopic (exact) mass is 251 g/mol. The van der Waals surface area contributed by atoms with E-state index in [1.807, 2.05) is 0 Å². The summed E-state index contributed by atoms with van der Waals surface area (Å²) in [7, 11) is 0. The van der Waals surface area contributed by atoms with Gasteiger partial charge in [0.15, 0.2) is 0 Å². The average molecular weight is 251 g/mol. The Hall–Kier alpha value is -1.69. The summed E-state index contributed by atoms with van der Waals surface area (Å²) in [6, 6.07) is 0. The van der Waals surface area contributed by atoms with Gasteiger partial charge < -0.3 is 15.0 Å². The second-order valence-electron chi connectivity index (χ2n) is 4.57. The molecule has 0 bridgehead atoms. The van der Waals surface area contributed by atoms with E-state index in [1.54, 1.807) is 4.90 Å². The number of nitrogens with zero attached hydrogens (tertiary/aromatic N) is 2. The minimum Gasteiger partial charge on any atom is -0.396 e. The van der Waals surface area contributed by atoms with Gasteiger partial charge in [0.2, 0.25) is 0 Å². The molecule has 1 aromatic rings. The first-order valence-corrected chi connectivity index (χ1v) is 6.15. The molecular weight excluding hydrogens is 234 g/mol. The first-order valence-electron chi connectivity index (χ1n) is 6.15. The molecule has 1 unspecified atom stereocenters. The lowest BCUT2D eigenvalue weighted by molar-refractivity contribution is 0.0647. The fraction of sp³-hybridized carbons (Fsp3) is 0.583. The van der Waals surface area contributed by atoms with Crippen LogP contribution >= 0.6 is 0 Å². The molecule has 18 heavy (non-hydrogen) atoms. The van der Waals surface area contributed by atoms with Crippen molar-refractivity contribution in [1.82, 2.24) is 14.9 Å². The van der Waals surface area contributed by atoms with Gasteiger partial charge in [-0.15, -0.1) is 0 Å². The van der Waals surface area contributed by atoms with Crippen molar-refractivity contribution in [2.45, 2.75) is 19.3 Å². The minimum absolute atomic E-state index is 0.156. The number of hydrogen-bond donors (Lipinski definition) is 2. The Bertz CT molecular complexity index is 449. The van der Waals surface area contributed by atoms with Gasteiger partial charge in [0.05, 0.1) is 6.20 Å². The number of carbonyl (C=O) groups excluding carboxylic acids is 1. The summed E-state index contributed by atoms with van der Waals surface area (Å²) in [5, 5.41) is 8.94. The Kier molecular flexibility index (Phi) is 4.09. The summed E-state index contributed by atoms with van der Waals surface area (Å²) < 4.78 is 0. The predicted octanol–water partition coefficient (Wildman–Crippen LogP) is 0.00450. The van der Waals surface area contributed by atoms with Gasteiger partial charge in [0, 0.05) is 25.9 Å². The van der Waals surface area contributed by atoms with E-state index in [9.17, 15) is 9.59 Å². The van der Waals surface area contributed by atoms with Gasteiger partial charge in [-0.3, -0.25) is 9.59 Å². The third kappa shape index (κ3) is 2.95. The van der Waals surface area contributed by atoms with E-state index < -0.39 is 0 Å². The van der Waals surface area contributed by atoms with Crippen molar-refractivity contribution in [2.24, 2.45) is 5.92 Å². The van der Waals surface area contributed by atoms with Crippen molar-refractivity contribution in [3.8, 4) is 0 Å². The molecule has 1 aliphatic heterocycles. The molecule has 6 nitrogen and oxygen atoms in total. The standard InChI is InChI=1S/C12H17N3O3/c16-5-3-9-2-1-4-15(8-9)12(18)10-6-14-11(17)7-13-10/h6-7,9,16H,1-5,8H2,(H,14,17). The van der Waals surface area contributed by atoms with Gasteiger partial charge in [0.1, 0.15) is 5.69 Å². The van der Waals surface area contributed by atoms with Crippen LogP contribution in [-0.2, 0) is 0 Å². The van der Waals surface area contributed by atoms with Gasteiger partial charge in [-0.05, 0) is 25.2 Å². The average Bonchev–Trinajstić information content (AvgIpc) is 2.39. The number of piperidine rings is 1. The van der Waals surface area contributed by atoms with Crippen molar-refractivity contribution >= 4 is 5.91 Å². The number of hydrogen-bond acceptors (Lipinski definition) is 4. The van der Waals surface area contributed by atoms with E-state index in [4.69, 9.17) is 5.11 Å². The van der Waals surface area contributed by atoms with Crippen LogP contribution in [0.2, 0.25) is 0 Å². The van der Waals surface area contributed by atoms with E-state index >= 15 is 0 Å². The molecule has 98 valence electrons. The molecule has 0 aliphatic carbocycles. The van der Waals surface area contributed by atoms with Gasteiger partial charge in [0.25, 0.3) is 11.5 Å². The van der Waals surface area contributed by atoms with E-state index in [-0.39, 0.29) is 23.8 Å². The molecular formula is C12H17N3O3. The molecule has 1 aliphatic rings. The number of aromatic amines is 1. The van der Waals surface area contributed by atoms with Crippen molar-refractivity contribution < 1.29 is 9.90 Å². The molecule has 1 saturated heterocycles. The number of carbonyl (C=O) groups is 1. The highest BCUT2D eigenvalue weighted by atomic mass is 16.3. The molecule has 0 aromatic carbocycles. The first kappa shape index (κ1) is 12.8. The van der Waals surface area contributed by atoms with Crippen LogP contribution in [0.25, 0.3) is 0 Å². The third-order valence-corrected chi connectivity index (χ3v) is 3.23. The van der Waals surface area contributed by atoms with Crippen LogP contribution < -0.4 is 5.56 Å². The van der Waals surface area contributed by atoms with Crippen molar-refractivity contribution in [3.63, 3.8) is 0 Å². The lowest BCUT2D eigenvalue weighted by atomic mass is 9.95.